The Hall–Kier alpha value is -2.33. The van der Waals surface area contributed by atoms with Crippen molar-refractivity contribution in [3.8, 4) is 5.75 Å². The van der Waals surface area contributed by atoms with E-state index in [0.717, 1.165) is 5.75 Å². The largest absolute Gasteiger partial charge is 0.489 e. The van der Waals surface area contributed by atoms with Crippen LogP contribution in [0, 0.1) is 5.41 Å². The van der Waals surface area contributed by atoms with Crippen LogP contribution in [0.3, 0.4) is 0 Å². The Morgan fingerprint density at radius 1 is 1.15 bits per heavy atom. The van der Waals surface area contributed by atoms with Crippen LogP contribution in [-0.4, -0.2) is 5.84 Å². The Morgan fingerprint density at radius 3 is 2.85 bits per heavy atom. The van der Waals surface area contributed by atoms with Crippen molar-refractivity contribution in [2.75, 3.05) is 0 Å². The summed E-state index contributed by atoms with van der Waals surface area (Å²) in [5.41, 5.74) is 7.34. The molecule has 0 unspecified atom stereocenters. The van der Waals surface area contributed by atoms with Crippen LogP contribution < -0.4 is 10.5 Å². The summed E-state index contributed by atoms with van der Waals surface area (Å²) >= 11 is 1.72. The van der Waals surface area contributed by atoms with Gasteiger partial charge in [0, 0.05) is 15.8 Å². The van der Waals surface area contributed by atoms with Crippen LogP contribution >= 0.6 is 11.3 Å². The molecule has 20 heavy (non-hydrogen) atoms. The number of ether oxygens (including phenoxy) is 1. The second-order valence-electron chi connectivity index (χ2n) is 4.49. The zero-order valence-electron chi connectivity index (χ0n) is 10.8. The third kappa shape index (κ3) is 2.51. The van der Waals surface area contributed by atoms with Crippen LogP contribution in [0.4, 0.5) is 0 Å². The van der Waals surface area contributed by atoms with Crippen LogP contribution in [0.1, 0.15) is 11.1 Å². The van der Waals surface area contributed by atoms with Gasteiger partial charge in [0.25, 0.3) is 0 Å². The summed E-state index contributed by atoms with van der Waals surface area (Å²) in [5, 5.41) is 10.8. The molecule has 0 fully saturated rings. The van der Waals surface area contributed by atoms with Gasteiger partial charge in [-0.1, -0.05) is 30.3 Å². The first-order valence-corrected chi connectivity index (χ1v) is 7.14. The van der Waals surface area contributed by atoms with Crippen LogP contribution in [0.2, 0.25) is 0 Å². The zero-order valence-corrected chi connectivity index (χ0v) is 11.6. The predicted octanol–water partition coefficient (Wildman–Crippen LogP) is 3.76. The molecule has 0 aliphatic rings. The third-order valence-electron chi connectivity index (χ3n) is 3.10. The van der Waals surface area contributed by atoms with Crippen molar-refractivity contribution >= 4 is 27.3 Å². The second kappa shape index (κ2) is 5.35. The number of hydrogen-bond donors (Lipinski definition) is 2. The minimum absolute atomic E-state index is 0.0523. The van der Waals surface area contributed by atoms with Gasteiger partial charge in [-0.3, -0.25) is 5.41 Å². The van der Waals surface area contributed by atoms with Crippen molar-refractivity contribution in [2.24, 2.45) is 5.73 Å². The Morgan fingerprint density at radius 2 is 2.00 bits per heavy atom. The fourth-order valence-corrected chi connectivity index (χ4v) is 3.01. The molecule has 0 aliphatic heterocycles. The van der Waals surface area contributed by atoms with Gasteiger partial charge in [0.2, 0.25) is 0 Å². The van der Waals surface area contributed by atoms with Crippen molar-refractivity contribution in [3.63, 3.8) is 0 Å². The molecule has 1 heterocycles. The van der Waals surface area contributed by atoms with Crippen LogP contribution in [0.15, 0.2) is 53.9 Å². The lowest BCUT2D eigenvalue weighted by atomic mass is 10.2. The molecule has 2 aromatic carbocycles. The lowest BCUT2D eigenvalue weighted by Crippen LogP contribution is -2.10. The number of nitrogens with two attached hydrogens (primary N) is 1. The fourth-order valence-electron chi connectivity index (χ4n) is 2.06. The molecule has 0 atom stereocenters. The van der Waals surface area contributed by atoms with E-state index in [0.29, 0.717) is 12.2 Å². The molecule has 0 saturated heterocycles. The fraction of sp³-hybridized carbons (Fsp3) is 0.0625. The highest BCUT2D eigenvalue weighted by Crippen LogP contribution is 2.26. The van der Waals surface area contributed by atoms with Gasteiger partial charge in [0.05, 0.1) is 0 Å². The van der Waals surface area contributed by atoms with Gasteiger partial charge in [0.15, 0.2) is 0 Å². The lowest BCUT2D eigenvalue weighted by Gasteiger charge is -2.07. The van der Waals surface area contributed by atoms with E-state index in [1.165, 1.54) is 15.6 Å². The number of nitrogen functional groups attached to an aromatic ring is 1. The topological polar surface area (TPSA) is 59.1 Å². The standard InChI is InChI=1S/C16H14N2OS/c17-16(18)11-4-3-5-13(8-11)19-9-12-10-20-15-7-2-1-6-14(12)15/h1-8,10H,9H2,(H3,17,18). The molecule has 3 nitrogen and oxygen atoms in total. The smallest absolute Gasteiger partial charge is 0.122 e. The zero-order chi connectivity index (χ0) is 13.9. The molecular weight excluding hydrogens is 268 g/mol. The molecule has 0 amide bonds. The minimum Gasteiger partial charge on any atom is -0.489 e. The maximum atomic E-state index is 7.44. The number of hydrogen-bond acceptors (Lipinski definition) is 3. The summed E-state index contributed by atoms with van der Waals surface area (Å²) in [7, 11) is 0. The molecule has 0 saturated carbocycles. The van der Waals surface area contributed by atoms with Gasteiger partial charge in [-0.2, -0.15) is 0 Å². The minimum atomic E-state index is 0.0523. The Kier molecular flexibility index (Phi) is 3.39. The quantitative estimate of drug-likeness (QED) is 0.565. The summed E-state index contributed by atoms with van der Waals surface area (Å²) in [4.78, 5) is 0. The summed E-state index contributed by atoms with van der Waals surface area (Å²) < 4.78 is 7.07. The van der Waals surface area contributed by atoms with Crippen molar-refractivity contribution in [3.05, 3.63) is 65.0 Å². The predicted molar refractivity (Wildman–Crippen MR) is 83.6 cm³/mol. The maximum absolute atomic E-state index is 7.44. The summed E-state index contributed by atoms with van der Waals surface area (Å²) in [6, 6.07) is 15.6. The summed E-state index contributed by atoms with van der Waals surface area (Å²) in [5.74, 6) is 0.782. The highest BCUT2D eigenvalue weighted by molar-refractivity contribution is 7.17. The number of amidine groups is 1. The molecule has 0 aliphatic carbocycles. The van der Waals surface area contributed by atoms with Gasteiger partial charge >= 0.3 is 0 Å². The van der Waals surface area contributed by atoms with E-state index in [1.807, 2.05) is 24.3 Å². The van der Waals surface area contributed by atoms with E-state index in [9.17, 15) is 0 Å². The monoisotopic (exact) mass is 282 g/mol. The molecule has 3 N–H and O–H groups in total. The van der Waals surface area contributed by atoms with Gasteiger partial charge in [-0.25, -0.2) is 0 Å². The third-order valence-corrected chi connectivity index (χ3v) is 4.11. The molecule has 0 bridgehead atoms. The van der Waals surface area contributed by atoms with Crippen LogP contribution in [0.5, 0.6) is 5.75 Å². The molecular formula is C16H14N2OS. The first kappa shape index (κ1) is 12.7. The molecule has 1 aromatic heterocycles. The van der Waals surface area contributed by atoms with E-state index in [4.69, 9.17) is 15.9 Å². The summed E-state index contributed by atoms with van der Waals surface area (Å²) in [6.45, 7) is 0.519. The van der Waals surface area contributed by atoms with Crippen molar-refractivity contribution in [1.82, 2.24) is 0 Å². The number of nitrogens with one attached hydrogen (secondary N) is 1. The van der Waals surface area contributed by atoms with E-state index >= 15 is 0 Å². The highest BCUT2D eigenvalue weighted by atomic mass is 32.1. The van der Waals surface area contributed by atoms with Gasteiger partial charge in [0.1, 0.15) is 18.2 Å². The number of rotatable bonds is 4. The van der Waals surface area contributed by atoms with Gasteiger partial charge < -0.3 is 10.5 Å². The second-order valence-corrected chi connectivity index (χ2v) is 5.40. The first-order chi connectivity index (χ1) is 9.74. The van der Waals surface area contributed by atoms with Crippen molar-refractivity contribution < 1.29 is 4.74 Å². The van der Waals surface area contributed by atoms with Gasteiger partial charge in [-0.05, 0) is 29.0 Å². The highest BCUT2D eigenvalue weighted by Gasteiger charge is 2.05. The number of fused-ring (bicyclic) bond motifs is 1. The lowest BCUT2D eigenvalue weighted by molar-refractivity contribution is 0.308. The number of thiophene rings is 1. The summed E-state index contributed by atoms with van der Waals surface area (Å²) in [6.07, 6.45) is 0. The Labute approximate surface area is 121 Å². The first-order valence-electron chi connectivity index (χ1n) is 6.26. The van der Waals surface area contributed by atoms with E-state index < -0.39 is 0 Å². The average molecular weight is 282 g/mol. The molecule has 3 aromatic rings. The average Bonchev–Trinajstić information content (AvgIpc) is 2.89. The van der Waals surface area contributed by atoms with E-state index in [-0.39, 0.29) is 5.84 Å². The Bertz CT molecular complexity index is 764. The van der Waals surface area contributed by atoms with Crippen molar-refractivity contribution in [1.29, 1.82) is 5.41 Å². The van der Waals surface area contributed by atoms with E-state index in [1.54, 1.807) is 23.5 Å². The SMILES string of the molecule is N=C(N)c1cccc(OCc2csc3ccccc23)c1. The van der Waals surface area contributed by atoms with Crippen LogP contribution in [0.25, 0.3) is 10.1 Å². The number of benzene rings is 2. The van der Waals surface area contributed by atoms with Crippen LogP contribution in [-0.2, 0) is 6.61 Å². The molecule has 0 spiro atoms. The normalized spacial score (nSPS) is 10.6. The molecule has 3 rings (SSSR count). The molecule has 0 radical (unpaired) electrons. The van der Waals surface area contributed by atoms with Crippen molar-refractivity contribution in [2.45, 2.75) is 6.61 Å². The Balaban J connectivity index is 1.79. The molecule has 4 heteroatoms. The molecule has 100 valence electrons. The van der Waals surface area contributed by atoms with E-state index in [2.05, 4.69) is 17.5 Å². The van der Waals surface area contributed by atoms with Gasteiger partial charge in [-0.15, -0.1) is 11.3 Å². The maximum Gasteiger partial charge on any atom is 0.122 e.